The maximum atomic E-state index is 13.0. The number of H-pyrrole nitrogens is 2. The zero-order valence-electron chi connectivity index (χ0n) is 33.2. The average molecular weight is 874 g/mol. The Hall–Kier alpha value is -5.78. The van der Waals surface area contributed by atoms with Gasteiger partial charge in [-0.15, -0.1) is 0 Å². The lowest BCUT2D eigenvalue weighted by atomic mass is 10.00. The van der Waals surface area contributed by atoms with Gasteiger partial charge in [0.2, 0.25) is 0 Å². The SMILES string of the molecule is CON(C)C(=O)C(O)[C@H](Cc1ccccc1)NC(=O)c1cc2cc(Cl)ccc2[nH]1.O=C(N[C@@H](Cc1ccccc1)[C@@H](O)C(=O)N1C[C@@H](O)[C@@H](O)C1)c1cc2cc(Cl)ccc2[nH]1. The number of likely N-dealkylation sites (tertiary alicyclic amines) is 1. The normalized spacial score (nSPS) is 16.9. The number of hydroxylamine groups is 2. The smallest absolute Gasteiger partial charge is 0.276 e. The molecule has 1 aliphatic rings. The van der Waals surface area contributed by atoms with Gasteiger partial charge in [-0.05, 0) is 72.5 Å². The summed E-state index contributed by atoms with van der Waals surface area (Å²) in [6.45, 7) is -0.155. The highest BCUT2D eigenvalue weighted by Gasteiger charge is 2.38. The van der Waals surface area contributed by atoms with E-state index in [9.17, 15) is 39.6 Å². The lowest BCUT2D eigenvalue weighted by Crippen LogP contribution is -2.52. The molecular formula is C44H46Cl2N6O9. The number of nitrogens with one attached hydrogen (secondary N) is 4. The lowest BCUT2D eigenvalue weighted by molar-refractivity contribution is -0.179. The molecule has 6 aromatic rings. The Balaban J connectivity index is 0.000000205. The fourth-order valence-electron chi connectivity index (χ4n) is 6.92. The highest BCUT2D eigenvalue weighted by atomic mass is 35.5. The van der Waals surface area contributed by atoms with E-state index in [0.29, 0.717) is 15.7 Å². The van der Waals surface area contributed by atoms with Crippen LogP contribution in [-0.2, 0) is 27.3 Å². The third-order valence-corrected chi connectivity index (χ3v) is 10.8. The van der Waals surface area contributed by atoms with Crippen LogP contribution >= 0.6 is 23.2 Å². The van der Waals surface area contributed by atoms with Gasteiger partial charge < -0.3 is 45.9 Å². The number of hydrogen-bond acceptors (Lipinski definition) is 9. The minimum Gasteiger partial charge on any atom is -0.388 e. The molecule has 0 aliphatic carbocycles. The molecule has 15 nitrogen and oxygen atoms in total. The molecule has 4 amide bonds. The number of aliphatic hydroxyl groups is 4. The highest BCUT2D eigenvalue weighted by Crippen LogP contribution is 2.22. The summed E-state index contributed by atoms with van der Waals surface area (Å²) in [5.74, 6) is -2.24. The third-order valence-electron chi connectivity index (χ3n) is 10.3. The van der Waals surface area contributed by atoms with Gasteiger partial charge in [-0.2, -0.15) is 0 Å². The van der Waals surface area contributed by atoms with Crippen molar-refractivity contribution in [1.29, 1.82) is 0 Å². The fourth-order valence-corrected chi connectivity index (χ4v) is 7.28. The fraction of sp³-hybridized carbons (Fsp3) is 0.273. The number of nitrogens with zero attached hydrogens (tertiary/aromatic N) is 2. The first-order chi connectivity index (χ1) is 29.2. The maximum absolute atomic E-state index is 13.0. The van der Waals surface area contributed by atoms with Gasteiger partial charge >= 0.3 is 0 Å². The minimum atomic E-state index is -1.56. The number of carbonyl (C=O) groups is 4. The van der Waals surface area contributed by atoms with Gasteiger partial charge in [0, 0.05) is 52.0 Å². The van der Waals surface area contributed by atoms with Crippen LogP contribution in [0.3, 0.4) is 0 Å². The highest BCUT2D eigenvalue weighted by molar-refractivity contribution is 6.31. The molecule has 0 spiro atoms. The van der Waals surface area contributed by atoms with Crippen molar-refractivity contribution in [3.63, 3.8) is 0 Å². The van der Waals surface area contributed by atoms with Crippen LogP contribution in [0, 0.1) is 0 Å². The number of aromatic amines is 2. The molecule has 6 atom stereocenters. The van der Waals surface area contributed by atoms with Crippen molar-refractivity contribution in [2.75, 3.05) is 27.2 Å². The first-order valence-corrected chi connectivity index (χ1v) is 20.0. The summed E-state index contributed by atoms with van der Waals surface area (Å²) in [4.78, 5) is 63.1. The third kappa shape index (κ3) is 11.3. The maximum Gasteiger partial charge on any atom is 0.276 e. The molecule has 1 unspecified atom stereocenters. The lowest BCUT2D eigenvalue weighted by Gasteiger charge is -2.27. The van der Waals surface area contributed by atoms with Crippen LogP contribution in [0.4, 0.5) is 0 Å². The molecule has 17 heteroatoms. The van der Waals surface area contributed by atoms with Crippen LogP contribution in [0.15, 0.2) is 109 Å². The van der Waals surface area contributed by atoms with E-state index in [1.807, 2.05) is 60.7 Å². The van der Waals surface area contributed by atoms with Crippen molar-refractivity contribution in [3.05, 3.63) is 142 Å². The molecule has 8 N–H and O–H groups in total. The average Bonchev–Trinajstić information content (AvgIpc) is 3.98. The summed E-state index contributed by atoms with van der Waals surface area (Å²) in [5.41, 5.74) is 3.76. The predicted octanol–water partition coefficient (Wildman–Crippen LogP) is 3.63. The number of aromatic nitrogens is 2. The van der Waals surface area contributed by atoms with Gasteiger partial charge in [-0.1, -0.05) is 83.9 Å². The van der Waals surface area contributed by atoms with Crippen molar-refractivity contribution in [2.45, 2.75) is 49.3 Å². The number of fused-ring (bicyclic) bond motifs is 2. The number of rotatable bonds is 13. The number of hydrogen-bond donors (Lipinski definition) is 8. The van der Waals surface area contributed by atoms with Crippen LogP contribution in [0.2, 0.25) is 10.0 Å². The monoisotopic (exact) mass is 872 g/mol. The molecule has 4 aromatic carbocycles. The van der Waals surface area contributed by atoms with Crippen LogP contribution in [0.25, 0.3) is 21.8 Å². The molecule has 1 aliphatic heterocycles. The van der Waals surface area contributed by atoms with Gasteiger partial charge in [-0.3, -0.25) is 24.0 Å². The Morgan fingerprint density at radius 3 is 1.56 bits per heavy atom. The Bertz CT molecular complexity index is 2460. The number of benzene rings is 4. The van der Waals surface area contributed by atoms with Gasteiger partial charge in [0.25, 0.3) is 23.6 Å². The number of halogens is 2. The van der Waals surface area contributed by atoms with Gasteiger partial charge in [0.15, 0.2) is 12.2 Å². The molecule has 320 valence electrons. The second kappa shape index (κ2) is 20.2. The Labute approximate surface area is 360 Å². The van der Waals surface area contributed by atoms with Crippen LogP contribution in [0.1, 0.15) is 32.1 Å². The van der Waals surface area contributed by atoms with E-state index >= 15 is 0 Å². The molecule has 0 saturated carbocycles. The molecule has 0 radical (unpaired) electrons. The summed E-state index contributed by atoms with van der Waals surface area (Å²) in [6, 6.07) is 30.5. The number of aliphatic hydroxyl groups excluding tert-OH is 4. The van der Waals surface area contributed by atoms with E-state index in [1.165, 1.54) is 19.1 Å². The number of amides is 4. The second-order valence-corrected chi connectivity index (χ2v) is 15.5. The van der Waals surface area contributed by atoms with Gasteiger partial charge in [0.05, 0.1) is 31.4 Å². The van der Waals surface area contributed by atoms with Crippen molar-refractivity contribution in [3.8, 4) is 0 Å². The quantitative estimate of drug-likeness (QED) is 0.0794. The molecule has 1 fully saturated rings. The molecule has 61 heavy (non-hydrogen) atoms. The summed E-state index contributed by atoms with van der Waals surface area (Å²) < 4.78 is 0. The van der Waals surface area contributed by atoms with E-state index in [2.05, 4.69) is 20.6 Å². The summed E-state index contributed by atoms with van der Waals surface area (Å²) >= 11 is 12.0. The van der Waals surface area contributed by atoms with Crippen LogP contribution in [0.5, 0.6) is 0 Å². The van der Waals surface area contributed by atoms with Crippen molar-refractivity contribution < 1.29 is 44.4 Å². The van der Waals surface area contributed by atoms with E-state index in [1.54, 1.807) is 48.5 Å². The first kappa shape index (κ1) is 44.8. The summed E-state index contributed by atoms with van der Waals surface area (Å²) in [6.07, 6.45) is -4.69. The Morgan fingerprint density at radius 2 is 1.13 bits per heavy atom. The summed E-state index contributed by atoms with van der Waals surface area (Å²) in [5, 5.41) is 50.0. The first-order valence-electron chi connectivity index (χ1n) is 19.3. The molecule has 0 bridgehead atoms. The minimum absolute atomic E-state index is 0.0775. The number of β-amino-alcohol motifs (C(OH)–C–C–N with tert-alkyl or cyclic N) is 2. The van der Waals surface area contributed by atoms with Crippen LogP contribution in [-0.4, -0.2) is 128 Å². The molecule has 1 saturated heterocycles. The van der Waals surface area contributed by atoms with Crippen LogP contribution < -0.4 is 10.6 Å². The number of likely N-dealkylation sites (N-methyl/N-ethyl adjacent to an activating group) is 1. The van der Waals surface area contributed by atoms with Crippen molar-refractivity contribution in [1.82, 2.24) is 30.6 Å². The Kier molecular flexibility index (Phi) is 14.8. The van der Waals surface area contributed by atoms with Gasteiger partial charge in [-0.25, -0.2) is 5.06 Å². The van der Waals surface area contributed by atoms with Gasteiger partial charge in [0.1, 0.15) is 11.4 Å². The van der Waals surface area contributed by atoms with E-state index in [4.69, 9.17) is 28.0 Å². The van der Waals surface area contributed by atoms with E-state index in [-0.39, 0.29) is 31.6 Å². The molecule has 2 aromatic heterocycles. The second-order valence-electron chi connectivity index (χ2n) is 14.7. The molecule has 3 heterocycles. The van der Waals surface area contributed by atoms with E-state index < -0.39 is 60.1 Å². The topological polar surface area (TPSA) is 221 Å². The van der Waals surface area contributed by atoms with E-state index in [0.717, 1.165) is 38.0 Å². The summed E-state index contributed by atoms with van der Waals surface area (Å²) in [7, 11) is 2.72. The zero-order valence-corrected chi connectivity index (χ0v) is 34.7. The van der Waals surface area contributed by atoms with Crippen molar-refractivity contribution in [2.24, 2.45) is 0 Å². The largest absolute Gasteiger partial charge is 0.388 e. The van der Waals surface area contributed by atoms with Crippen molar-refractivity contribution >= 4 is 68.6 Å². The Morgan fingerprint density at radius 1 is 0.705 bits per heavy atom. The zero-order chi connectivity index (χ0) is 43.8. The molecular weight excluding hydrogens is 827 g/mol. The number of carbonyl (C=O) groups excluding carboxylic acids is 4. The standard InChI is InChI=1S/C23H24ClN3O5.C21H22ClN3O4/c24-15-6-7-16-14(9-15)10-18(25-16)22(31)26-17(8-13-4-2-1-3-5-13)21(30)23(32)27-11-19(28)20(29)12-27;1-25(29-2)21(28)19(26)17(10-13-6-4-3-5-7-13)24-20(27)18-12-14-11-15(22)8-9-16(14)23-18/h1-7,9-10,17,19-21,25,28-30H,8,11-12H2,(H,26,31);3-9,11-12,17,19,23,26H,10H2,1-2H3,(H,24,27)/t17-,19-,20+,21+;17-,19?/m00/s1. The predicted molar refractivity (Wildman–Crippen MR) is 230 cm³/mol. The molecule has 7 rings (SSSR count).